The molecule has 0 aliphatic heterocycles. The summed E-state index contributed by atoms with van der Waals surface area (Å²) < 4.78 is 9.16. The number of carbonyl (C=O) groups excluding carboxylic acids is 4. The van der Waals surface area contributed by atoms with E-state index in [9.17, 15) is 19.2 Å². The van der Waals surface area contributed by atoms with Gasteiger partial charge >= 0.3 is 11.9 Å². The average Bonchev–Trinajstić information content (AvgIpc) is 2.46. The van der Waals surface area contributed by atoms with E-state index < -0.39 is 24.0 Å². The second-order valence-electron chi connectivity index (χ2n) is 4.50. The molecule has 0 heterocycles. The molecule has 2 unspecified atom stereocenters. The normalized spacial score (nSPS) is 13.1. The first-order valence-corrected chi connectivity index (χ1v) is 6.66. The van der Waals surface area contributed by atoms with Gasteiger partial charge in [0.2, 0.25) is 11.8 Å². The van der Waals surface area contributed by atoms with Crippen molar-refractivity contribution in [2.45, 2.75) is 38.8 Å². The van der Waals surface area contributed by atoms with Gasteiger partial charge in [0.15, 0.2) is 0 Å². The molecule has 8 nitrogen and oxygen atoms in total. The molecule has 2 atom stereocenters. The Labute approximate surface area is 129 Å². The first kappa shape index (κ1) is 19.6. The maximum absolute atomic E-state index is 11.5. The summed E-state index contributed by atoms with van der Waals surface area (Å²) >= 11 is 0. The molecule has 0 saturated heterocycles. The molecule has 0 fully saturated rings. The van der Waals surface area contributed by atoms with Crippen LogP contribution in [0.1, 0.15) is 26.7 Å². The van der Waals surface area contributed by atoms with Gasteiger partial charge in [-0.2, -0.15) is 0 Å². The molecule has 0 radical (unpaired) electrons. The smallest absolute Gasteiger partial charge is 0.328 e. The lowest BCUT2D eigenvalue weighted by molar-refractivity contribution is -0.145. The van der Waals surface area contributed by atoms with Crippen molar-refractivity contribution in [2.75, 3.05) is 14.2 Å². The van der Waals surface area contributed by atoms with Crippen molar-refractivity contribution in [1.29, 1.82) is 0 Å². The minimum absolute atomic E-state index is 0.209. The van der Waals surface area contributed by atoms with Gasteiger partial charge in [-0.05, 0) is 12.8 Å². The average molecular weight is 314 g/mol. The standard InChI is InChI=1S/C14H22N2O6/c1-9(17)15-11(13(19)21-3)7-5-6-8-12(14(20)22-4)16-10(2)18/h5-6,11-12H,7-8H2,1-4H3,(H,15,17)(H,16,18). The highest BCUT2D eigenvalue weighted by Gasteiger charge is 2.20. The van der Waals surface area contributed by atoms with Crippen LogP contribution in [0.2, 0.25) is 0 Å². The first-order valence-electron chi connectivity index (χ1n) is 6.66. The maximum atomic E-state index is 11.5. The molecule has 0 bridgehead atoms. The first-order chi connectivity index (χ1) is 10.3. The summed E-state index contributed by atoms with van der Waals surface area (Å²) in [6.07, 6.45) is 3.66. The molecule has 0 aromatic carbocycles. The predicted molar refractivity (Wildman–Crippen MR) is 77.6 cm³/mol. The Bertz CT molecular complexity index is 407. The van der Waals surface area contributed by atoms with Crippen LogP contribution in [-0.4, -0.2) is 50.1 Å². The molecular weight excluding hydrogens is 292 g/mol. The van der Waals surface area contributed by atoms with Crippen LogP contribution in [0, 0.1) is 0 Å². The second-order valence-corrected chi connectivity index (χ2v) is 4.50. The van der Waals surface area contributed by atoms with Crippen LogP contribution in [0.15, 0.2) is 12.2 Å². The van der Waals surface area contributed by atoms with Gasteiger partial charge in [-0.3, -0.25) is 9.59 Å². The Morgan fingerprint density at radius 1 is 0.818 bits per heavy atom. The van der Waals surface area contributed by atoms with Gasteiger partial charge in [0.25, 0.3) is 0 Å². The van der Waals surface area contributed by atoms with E-state index in [1.807, 2.05) is 0 Å². The SMILES string of the molecule is COC(=O)C(CC=CCC(NC(C)=O)C(=O)OC)NC(C)=O. The monoisotopic (exact) mass is 314 g/mol. The number of carbonyl (C=O) groups is 4. The Balaban J connectivity index is 4.59. The van der Waals surface area contributed by atoms with Crippen LogP contribution in [0.25, 0.3) is 0 Å². The number of esters is 2. The molecule has 8 heteroatoms. The van der Waals surface area contributed by atoms with E-state index in [-0.39, 0.29) is 24.7 Å². The molecule has 0 aromatic heterocycles. The molecule has 0 rings (SSSR count). The number of amides is 2. The second kappa shape index (κ2) is 10.4. The highest BCUT2D eigenvalue weighted by atomic mass is 16.5. The zero-order chi connectivity index (χ0) is 17.1. The van der Waals surface area contributed by atoms with Gasteiger partial charge in [0.1, 0.15) is 12.1 Å². The zero-order valence-electron chi connectivity index (χ0n) is 13.2. The van der Waals surface area contributed by atoms with E-state index in [2.05, 4.69) is 20.1 Å². The van der Waals surface area contributed by atoms with Crippen molar-refractivity contribution < 1.29 is 28.7 Å². The van der Waals surface area contributed by atoms with E-state index in [1.54, 1.807) is 12.2 Å². The molecule has 2 amide bonds. The van der Waals surface area contributed by atoms with Crippen LogP contribution in [0.3, 0.4) is 0 Å². The van der Waals surface area contributed by atoms with Crippen molar-refractivity contribution in [3.8, 4) is 0 Å². The third kappa shape index (κ3) is 8.03. The third-order valence-corrected chi connectivity index (χ3v) is 2.64. The lowest BCUT2D eigenvalue weighted by Gasteiger charge is -2.14. The molecule has 124 valence electrons. The van der Waals surface area contributed by atoms with Crippen molar-refractivity contribution in [2.24, 2.45) is 0 Å². The fourth-order valence-corrected chi connectivity index (χ4v) is 1.67. The fraction of sp³-hybridized carbons (Fsp3) is 0.571. The minimum Gasteiger partial charge on any atom is -0.467 e. The Morgan fingerprint density at radius 3 is 1.36 bits per heavy atom. The van der Waals surface area contributed by atoms with E-state index in [0.29, 0.717) is 0 Å². The van der Waals surface area contributed by atoms with Crippen LogP contribution >= 0.6 is 0 Å². The summed E-state index contributed by atoms with van der Waals surface area (Å²) in [6.45, 7) is 2.59. The van der Waals surface area contributed by atoms with Gasteiger partial charge in [0, 0.05) is 13.8 Å². The van der Waals surface area contributed by atoms with Crippen LogP contribution in [0.4, 0.5) is 0 Å². The minimum atomic E-state index is -0.795. The van der Waals surface area contributed by atoms with Crippen LogP contribution < -0.4 is 10.6 Å². The molecular formula is C14H22N2O6. The Morgan fingerprint density at radius 2 is 1.14 bits per heavy atom. The number of rotatable bonds is 8. The highest BCUT2D eigenvalue weighted by Crippen LogP contribution is 2.01. The third-order valence-electron chi connectivity index (χ3n) is 2.64. The van der Waals surface area contributed by atoms with Crippen molar-refractivity contribution >= 4 is 23.8 Å². The lowest BCUT2D eigenvalue weighted by Crippen LogP contribution is -2.40. The summed E-state index contributed by atoms with van der Waals surface area (Å²) in [7, 11) is 2.45. The van der Waals surface area contributed by atoms with E-state index in [1.165, 1.54) is 28.1 Å². The van der Waals surface area contributed by atoms with Crippen LogP contribution in [0.5, 0.6) is 0 Å². The fourth-order valence-electron chi connectivity index (χ4n) is 1.67. The van der Waals surface area contributed by atoms with Gasteiger partial charge in [-0.1, -0.05) is 12.2 Å². The number of hydrogen-bond acceptors (Lipinski definition) is 6. The van der Waals surface area contributed by atoms with Crippen LogP contribution in [-0.2, 0) is 28.7 Å². The summed E-state index contributed by atoms with van der Waals surface area (Å²) in [5.41, 5.74) is 0. The topological polar surface area (TPSA) is 111 Å². The molecule has 0 saturated carbocycles. The van der Waals surface area contributed by atoms with Gasteiger partial charge < -0.3 is 20.1 Å². The highest BCUT2D eigenvalue weighted by molar-refractivity contribution is 5.84. The van der Waals surface area contributed by atoms with Crippen molar-refractivity contribution in [3.63, 3.8) is 0 Å². The van der Waals surface area contributed by atoms with Gasteiger partial charge in [-0.25, -0.2) is 9.59 Å². The Kier molecular flexibility index (Phi) is 9.24. The molecule has 0 aliphatic carbocycles. The summed E-state index contributed by atoms with van der Waals surface area (Å²) in [6, 6.07) is -1.59. The molecule has 2 N–H and O–H groups in total. The van der Waals surface area contributed by atoms with Gasteiger partial charge in [0.05, 0.1) is 14.2 Å². The van der Waals surface area contributed by atoms with E-state index >= 15 is 0 Å². The summed E-state index contributed by atoms with van der Waals surface area (Å²) in [5.74, 6) is -1.83. The lowest BCUT2D eigenvalue weighted by atomic mass is 10.1. The maximum Gasteiger partial charge on any atom is 0.328 e. The molecule has 22 heavy (non-hydrogen) atoms. The van der Waals surface area contributed by atoms with Crippen molar-refractivity contribution in [3.05, 3.63) is 12.2 Å². The largest absolute Gasteiger partial charge is 0.467 e. The summed E-state index contributed by atoms with van der Waals surface area (Å²) in [5, 5.41) is 4.92. The number of ether oxygens (including phenoxy) is 2. The number of hydrogen-bond donors (Lipinski definition) is 2. The van der Waals surface area contributed by atoms with Crippen molar-refractivity contribution in [1.82, 2.24) is 10.6 Å². The van der Waals surface area contributed by atoms with Gasteiger partial charge in [-0.15, -0.1) is 0 Å². The Hall–Kier alpha value is -2.38. The van der Waals surface area contributed by atoms with E-state index in [0.717, 1.165) is 0 Å². The molecule has 0 aliphatic rings. The number of nitrogens with one attached hydrogen (secondary N) is 2. The van der Waals surface area contributed by atoms with E-state index in [4.69, 9.17) is 0 Å². The quantitative estimate of drug-likeness (QED) is 0.469. The number of methoxy groups -OCH3 is 2. The summed E-state index contributed by atoms with van der Waals surface area (Å²) in [4.78, 5) is 45.0. The zero-order valence-corrected chi connectivity index (χ0v) is 13.2. The molecule has 0 spiro atoms. The molecule has 0 aromatic rings. The predicted octanol–water partition coefficient (Wildman–Crippen LogP) is -0.322.